The molecular formula is C15H13BrCl2N2O2. The summed E-state index contributed by atoms with van der Waals surface area (Å²) in [6.45, 7) is 0.415. The van der Waals surface area contributed by atoms with E-state index in [9.17, 15) is 4.79 Å². The van der Waals surface area contributed by atoms with E-state index in [0.29, 0.717) is 22.3 Å². The van der Waals surface area contributed by atoms with Gasteiger partial charge in [-0.2, -0.15) is 0 Å². The van der Waals surface area contributed by atoms with E-state index in [1.807, 2.05) is 24.3 Å². The first-order valence-electron chi connectivity index (χ1n) is 6.39. The molecule has 2 aromatic carbocycles. The van der Waals surface area contributed by atoms with Crippen LogP contribution in [0.4, 0.5) is 4.79 Å². The Kier molecular flexibility index (Phi) is 6.36. The fourth-order valence-corrected chi connectivity index (χ4v) is 2.54. The first-order chi connectivity index (χ1) is 10.6. The zero-order valence-electron chi connectivity index (χ0n) is 11.4. The molecule has 2 aromatic rings. The molecule has 2 rings (SSSR count). The van der Waals surface area contributed by atoms with Crippen LogP contribution in [0.5, 0.6) is 5.75 Å². The minimum atomic E-state index is -0.333. The van der Waals surface area contributed by atoms with Crippen LogP contribution in [0.2, 0.25) is 10.0 Å². The van der Waals surface area contributed by atoms with Crippen molar-refractivity contribution in [1.82, 2.24) is 10.6 Å². The SMILES string of the molecule is O=C(NCOc1ccc(Cl)cc1Cl)NCc1ccccc1Br. The zero-order chi connectivity index (χ0) is 15.9. The molecule has 7 heteroatoms. The summed E-state index contributed by atoms with van der Waals surface area (Å²) in [5, 5.41) is 6.24. The van der Waals surface area contributed by atoms with Gasteiger partial charge >= 0.3 is 6.03 Å². The standard InChI is InChI=1S/C15H13BrCl2N2O2/c16-12-4-2-1-3-10(12)8-19-15(21)20-9-22-14-6-5-11(17)7-13(14)18/h1-7H,8-9H2,(H2,19,20,21). The van der Waals surface area contributed by atoms with Gasteiger partial charge in [0.05, 0.1) is 5.02 Å². The summed E-state index contributed by atoms with van der Waals surface area (Å²) in [7, 11) is 0. The number of hydrogen-bond donors (Lipinski definition) is 2. The second-order valence-corrected chi connectivity index (χ2v) is 6.01. The quantitative estimate of drug-likeness (QED) is 0.717. The van der Waals surface area contributed by atoms with Gasteiger partial charge in [-0.1, -0.05) is 57.3 Å². The minimum Gasteiger partial charge on any atom is -0.472 e. The van der Waals surface area contributed by atoms with Crippen molar-refractivity contribution < 1.29 is 9.53 Å². The molecule has 2 N–H and O–H groups in total. The van der Waals surface area contributed by atoms with E-state index >= 15 is 0 Å². The molecule has 0 aromatic heterocycles. The number of amides is 2. The van der Waals surface area contributed by atoms with E-state index < -0.39 is 0 Å². The van der Waals surface area contributed by atoms with Crippen LogP contribution in [-0.4, -0.2) is 12.8 Å². The van der Waals surface area contributed by atoms with E-state index in [2.05, 4.69) is 26.6 Å². The Morgan fingerprint density at radius 1 is 1.14 bits per heavy atom. The number of carbonyl (C=O) groups excluding carboxylic acids is 1. The third kappa shape index (κ3) is 5.09. The first kappa shape index (κ1) is 16.9. The van der Waals surface area contributed by atoms with Crippen LogP contribution in [0.15, 0.2) is 46.9 Å². The van der Waals surface area contributed by atoms with E-state index in [0.717, 1.165) is 10.0 Å². The third-order valence-electron chi connectivity index (χ3n) is 2.75. The minimum absolute atomic E-state index is 0.00312. The van der Waals surface area contributed by atoms with Crippen molar-refractivity contribution in [3.8, 4) is 5.75 Å². The topological polar surface area (TPSA) is 50.4 Å². The van der Waals surface area contributed by atoms with Gasteiger partial charge < -0.3 is 15.4 Å². The number of benzene rings is 2. The molecule has 0 atom stereocenters. The van der Waals surface area contributed by atoms with E-state index in [-0.39, 0.29) is 12.8 Å². The van der Waals surface area contributed by atoms with Gasteiger partial charge in [0.1, 0.15) is 5.75 Å². The Morgan fingerprint density at radius 3 is 2.64 bits per heavy atom. The molecule has 0 bridgehead atoms. The summed E-state index contributed by atoms with van der Waals surface area (Å²) in [5.74, 6) is 0.456. The van der Waals surface area contributed by atoms with Crippen molar-refractivity contribution in [1.29, 1.82) is 0 Å². The monoisotopic (exact) mass is 402 g/mol. The molecule has 0 aliphatic carbocycles. The highest BCUT2D eigenvalue weighted by Gasteiger charge is 2.05. The zero-order valence-corrected chi connectivity index (χ0v) is 14.5. The lowest BCUT2D eigenvalue weighted by Gasteiger charge is -2.11. The largest absolute Gasteiger partial charge is 0.472 e. The van der Waals surface area contributed by atoms with Gasteiger partial charge in [0.2, 0.25) is 0 Å². The Bertz CT molecular complexity index is 668. The van der Waals surface area contributed by atoms with Crippen LogP contribution in [0.3, 0.4) is 0 Å². The van der Waals surface area contributed by atoms with Crippen LogP contribution in [0, 0.1) is 0 Å². The summed E-state index contributed by atoms with van der Waals surface area (Å²) < 4.78 is 6.31. The van der Waals surface area contributed by atoms with E-state index in [4.69, 9.17) is 27.9 Å². The fraction of sp³-hybridized carbons (Fsp3) is 0.133. The molecule has 22 heavy (non-hydrogen) atoms. The average molecular weight is 404 g/mol. The van der Waals surface area contributed by atoms with Crippen molar-refractivity contribution in [2.75, 3.05) is 6.73 Å². The summed E-state index contributed by atoms with van der Waals surface area (Å²) in [6.07, 6.45) is 0. The molecule has 0 fully saturated rings. The molecule has 4 nitrogen and oxygen atoms in total. The summed E-state index contributed by atoms with van der Waals surface area (Å²) in [5.41, 5.74) is 0.985. The smallest absolute Gasteiger partial charge is 0.317 e. The summed E-state index contributed by atoms with van der Waals surface area (Å²) in [4.78, 5) is 11.7. The van der Waals surface area contributed by atoms with Crippen LogP contribution in [0.25, 0.3) is 0 Å². The number of nitrogens with one attached hydrogen (secondary N) is 2. The van der Waals surface area contributed by atoms with Crippen LogP contribution < -0.4 is 15.4 Å². The molecule has 0 heterocycles. The molecule has 0 unspecified atom stereocenters. The van der Waals surface area contributed by atoms with Gasteiger partial charge in [0.15, 0.2) is 6.73 Å². The lowest BCUT2D eigenvalue weighted by molar-refractivity contribution is 0.223. The maximum absolute atomic E-state index is 11.7. The van der Waals surface area contributed by atoms with Crippen molar-refractivity contribution in [2.24, 2.45) is 0 Å². The Labute approximate surface area is 146 Å². The normalized spacial score (nSPS) is 10.1. The Hall–Kier alpha value is -1.43. The Morgan fingerprint density at radius 2 is 1.91 bits per heavy atom. The lowest BCUT2D eigenvalue weighted by atomic mass is 10.2. The second kappa shape index (κ2) is 8.27. The first-order valence-corrected chi connectivity index (χ1v) is 7.94. The fourth-order valence-electron chi connectivity index (χ4n) is 1.65. The predicted octanol–water partition coefficient (Wildman–Crippen LogP) is 4.59. The lowest BCUT2D eigenvalue weighted by Crippen LogP contribution is -2.37. The molecule has 0 aliphatic rings. The van der Waals surface area contributed by atoms with Crippen molar-refractivity contribution in [3.63, 3.8) is 0 Å². The molecule has 0 radical (unpaired) electrons. The number of carbonyl (C=O) groups is 1. The number of ether oxygens (including phenoxy) is 1. The maximum Gasteiger partial charge on any atom is 0.317 e. The van der Waals surface area contributed by atoms with Crippen LogP contribution in [0.1, 0.15) is 5.56 Å². The highest BCUT2D eigenvalue weighted by Crippen LogP contribution is 2.27. The highest BCUT2D eigenvalue weighted by molar-refractivity contribution is 9.10. The molecule has 0 aliphatic heterocycles. The Balaban J connectivity index is 1.75. The van der Waals surface area contributed by atoms with Gasteiger partial charge in [-0.05, 0) is 29.8 Å². The number of rotatable bonds is 5. The second-order valence-electron chi connectivity index (χ2n) is 4.31. The van der Waals surface area contributed by atoms with E-state index in [1.54, 1.807) is 18.2 Å². The third-order valence-corrected chi connectivity index (χ3v) is 4.06. The van der Waals surface area contributed by atoms with Crippen molar-refractivity contribution in [2.45, 2.75) is 6.54 Å². The van der Waals surface area contributed by atoms with Crippen molar-refractivity contribution >= 4 is 45.2 Å². The van der Waals surface area contributed by atoms with Gasteiger partial charge in [-0.3, -0.25) is 0 Å². The van der Waals surface area contributed by atoms with Gasteiger partial charge in [0, 0.05) is 16.0 Å². The molecule has 0 spiro atoms. The summed E-state index contributed by atoms with van der Waals surface area (Å²) in [6, 6.07) is 12.2. The van der Waals surface area contributed by atoms with Gasteiger partial charge in [-0.25, -0.2) is 4.79 Å². The molecular weight excluding hydrogens is 391 g/mol. The van der Waals surface area contributed by atoms with Gasteiger partial charge in [-0.15, -0.1) is 0 Å². The summed E-state index contributed by atoms with van der Waals surface area (Å²) >= 11 is 15.2. The van der Waals surface area contributed by atoms with Crippen molar-refractivity contribution in [3.05, 3.63) is 62.5 Å². The molecule has 0 saturated carbocycles. The predicted molar refractivity (Wildman–Crippen MR) is 91.5 cm³/mol. The van der Waals surface area contributed by atoms with Crippen LogP contribution in [-0.2, 0) is 6.54 Å². The highest BCUT2D eigenvalue weighted by atomic mass is 79.9. The molecule has 2 amide bonds. The number of hydrogen-bond acceptors (Lipinski definition) is 2. The molecule has 0 saturated heterocycles. The number of halogens is 3. The average Bonchev–Trinajstić information content (AvgIpc) is 2.49. The maximum atomic E-state index is 11.7. The van der Waals surface area contributed by atoms with Crippen LogP contribution >= 0.6 is 39.1 Å². The molecule has 116 valence electrons. The van der Waals surface area contributed by atoms with E-state index in [1.165, 1.54) is 0 Å². The van der Waals surface area contributed by atoms with Gasteiger partial charge in [0.25, 0.3) is 0 Å². The number of urea groups is 1.